The number of rotatable bonds is 6. The van der Waals surface area contributed by atoms with Crippen LogP contribution in [0, 0.1) is 0 Å². The van der Waals surface area contributed by atoms with Crippen LogP contribution in [0.25, 0.3) is 0 Å². The normalized spacial score (nSPS) is 18.8. The fraction of sp³-hybridized carbons (Fsp3) is 1.00. The molecular weight excluding hydrogens is 180 g/mol. The highest BCUT2D eigenvalue weighted by atomic mass is 32.1. The van der Waals surface area contributed by atoms with Gasteiger partial charge in [0.1, 0.15) is 6.10 Å². The number of aliphatic hydroxyl groups is 3. The molecule has 0 aliphatic heterocycles. The fourth-order valence-corrected chi connectivity index (χ4v) is 1.24. The average Bonchev–Trinajstić information content (AvgIpc) is 2.07. The second kappa shape index (κ2) is 6.68. The van der Waals surface area contributed by atoms with Crippen molar-refractivity contribution in [1.29, 1.82) is 0 Å². The molecule has 0 radical (unpaired) electrons. The molecule has 0 aliphatic carbocycles. The Morgan fingerprint density at radius 1 is 1.42 bits per heavy atom. The molecule has 0 fully saturated rings. The smallest absolute Gasteiger partial charge is 0.107 e. The molecule has 0 bridgehead atoms. The van der Waals surface area contributed by atoms with Crippen molar-refractivity contribution in [2.75, 3.05) is 19.5 Å². The Morgan fingerprint density at radius 3 is 2.33 bits per heavy atom. The predicted molar refractivity (Wildman–Crippen MR) is 48.4 cm³/mol. The van der Waals surface area contributed by atoms with E-state index in [0.29, 0.717) is 5.75 Å². The summed E-state index contributed by atoms with van der Waals surface area (Å²) in [5.74, 6) is 0.333. The summed E-state index contributed by atoms with van der Waals surface area (Å²) in [4.78, 5) is 0. The van der Waals surface area contributed by atoms with Crippen LogP contribution in [0.5, 0.6) is 0 Å². The van der Waals surface area contributed by atoms with Gasteiger partial charge in [-0.3, -0.25) is 0 Å². The van der Waals surface area contributed by atoms with Crippen molar-refractivity contribution in [2.24, 2.45) is 0 Å². The maximum absolute atomic E-state index is 9.37. The lowest BCUT2D eigenvalue weighted by Gasteiger charge is -2.23. The number of aliphatic hydroxyl groups excluding tert-OH is 3. The van der Waals surface area contributed by atoms with E-state index in [-0.39, 0.29) is 13.0 Å². The highest BCUT2D eigenvalue weighted by Gasteiger charge is 2.24. The quantitative estimate of drug-likeness (QED) is 0.413. The standard InChI is InChI=1S/C7H16O4S/c1-11-6(4-12)7(10)5(9)2-3-8/h5-10,12H,2-4H2,1H3. The predicted octanol–water partition coefficient (Wildman–Crippen LogP) is -0.965. The van der Waals surface area contributed by atoms with E-state index in [2.05, 4.69) is 12.6 Å². The Labute approximate surface area is 77.6 Å². The van der Waals surface area contributed by atoms with Crippen LogP contribution >= 0.6 is 12.6 Å². The van der Waals surface area contributed by atoms with E-state index in [4.69, 9.17) is 9.84 Å². The van der Waals surface area contributed by atoms with Crippen molar-refractivity contribution in [1.82, 2.24) is 0 Å². The van der Waals surface area contributed by atoms with Gasteiger partial charge in [-0.1, -0.05) is 0 Å². The third-order valence-corrected chi connectivity index (χ3v) is 2.04. The minimum absolute atomic E-state index is 0.148. The van der Waals surface area contributed by atoms with Gasteiger partial charge in [0.15, 0.2) is 0 Å². The fourth-order valence-electron chi connectivity index (χ4n) is 0.873. The topological polar surface area (TPSA) is 69.9 Å². The monoisotopic (exact) mass is 196 g/mol. The summed E-state index contributed by atoms with van der Waals surface area (Å²) in [5, 5.41) is 27.1. The zero-order valence-corrected chi connectivity index (χ0v) is 7.94. The minimum Gasteiger partial charge on any atom is -0.396 e. The number of ether oxygens (including phenoxy) is 1. The van der Waals surface area contributed by atoms with Gasteiger partial charge in [-0.2, -0.15) is 12.6 Å². The summed E-state index contributed by atoms with van der Waals surface area (Å²) in [7, 11) is 1.44. The third-order valence-electron chi connectivity index (χ3n) is 1.68. The first-order chi connectivity index (χ1) is 5.67. The first kappa shape index (κ1) is 12.2. The molecule has 12 heavy (non-hydrogen) atoms. The summed E-state index contributed by atoms with van der Waals surface area (Å²) in [6.45, 7) is -0.152. The van der Waals surface area contributed by atoms with Gasteiger partial charge < -0.3 is 20.1 Å². The summed E-state index contributed by atoms with van der Waals surface area (Å²) in [5.41, 5.74) is 0. The highest BCUT2D eigenvalue weighted by Crippen LogP contribution is 2.07. The lowest BCUT2D eigenvalue weighted by Crippen LogP contribution is -2.40. The summed E-state index contributed by atoms with van der Waals surface area (Å²) in [6.07, 6.45) is -2.28. The van der Waals surface area contributed by atoms with Gasteiger partial charge in [-0.25, -0.2) is 0 Å². The maximum atomic E-state index is 9.37. The second-order valence-electron chi connectivity index (χ2n) is 2.53. The zero-order chi connectivity index (χ0) is 9.56. The number of hydrogen-bond donors (Lipinski definition) is 4. The van der Waals surface area contributed by atoms with Crippen LogP contribution in [0.1, 0.15) is 6.42 Å². The number of thiol groups is 1. The molecule has 0 aromatic carbocycles. The molecule has 0 amide bonds. The molecule has 0 heterocycles. The lowest BCUT2D eigenvalue weighted by molar-refractivity contribution is -0.0712. The van der Waals surface area contributed by atoms with Gasteiger partial charge in [0.2, 0.25) is 0 Å². The highest BCUT2D eigenvalue weighted by molar-refractivity contribution is 7.80. The molecule has 74 valence electrons. The Hall–Kier alpha value is 0.190. The van der Waals surface area contributed by atoms with Crippen LogP contribution in [0.3, 0.4) is 0 Å². The van der Waals surface area contributed by atoms with E-state index in [9.17, 15) is 10.2 Å². The molecule has 0 saturated heterocycles. The van der Waals surface area contributed by atoms with Crippen LogP contribution in [0.15, 0.2) is 0 Å². The molecule has 0 spiro atoms. The van der Waals surface area contributed by atoms with E-state index < -0.39 is 18.3 Å². The van der Waals surface area contributed by atoms with E-state index in [1.807, 2.05) is 0 Å². The van der Waals surface area contributed by atoms with Crippen LogP contribution in [-0.4, -0.2) is 53.1 Å². The zero-order valence-electron chi connectivity index (χ0n) is 7.05. The van der Waals surface area contributed by atoms with Crippen LogP contribution in [0.2, 0.25) is 0 Å². The van der Waals surface area contributed by atoms with Crippen molar-refractivity contribution in [3.05, 3.63) is 0 Å². The Bertz CT molecular complexity index is 108. The van der Waals surface area contributed by atoms with Crippen LogP contribution in [0.4, 0.5) is 0 Å². The molecule has 0 aliphatic rings. The molecule has 3 N–H and O–H groups in total. The van der Waals surface area contributed by atoms with E-state index in [0.717, 1.165) is 0 Å². The SMILES string of the molecule is COC(CS)C(O)C(O)CCO. The van der Waals surface area contributed by atoms with Crippen LogP contribution in [-0.2, 0) is 4.74 Å². The van der Waals surface area contributed by atoms with Gasteiger partial charge in [0.25, 0.3) is 0 Å². The van der Waals surface area contributed by atoms with Gasteiger partial charge in [-0.05, 0) is 6.42 Å². The van der Waals surface area contributed by atoms with Crippen molar-refractivity contribution >= 4 is 12.6 Å². The van der Waals surface area contributed by atoms with Crippen molar-refractivity contribution in [2.45, 2.75) is 24.7 Å². The molecule has 5 heteroatoms. The lowest BCUT2D eigenvalue weighted by atomic mass is 10.1. The molecule has 4 nitrogen and oxygen atoms in total. The van der Waals surface area contributed by atoms with Gasteiger partial charge in [0.05, 0.1) is 12.2 Å². The molecule has 0 saturated carbocycles. The summed E-state index contributed by atoms with van der Waals surface area (Å²) < 4.78 is 4.86. The number of hydrogen-bond acceptors (Lipinski definition) is 5. The average molecular weight is 196 g/mol. The molecule has 0 rings (SSSR count). The summed E-state index contributed by atoms with van der Waals surface area (Å²) >= 11 is 3.94. The Kier molecular flexibility index (Phi) is 6.78. The second-order valence-corrected chi connectivity index (χ2v) is 2.89. The largest absolute Gasteiger partial charge is 0.396 e. The van der Waals surface area contributed by atoms with E-state index >= 15 is 0 Å². The first-order valence-electron chi connectivity index (χ1n) is 3.78. The maximum Gasteiger partial charge on any atom is 0.107 e. The Morgan fingerprint density at radius 2 is 2.00 bits per heavy atom. The summed E-state index contributed by atoms with van der Waals surface area (Å²) in [6, 6.07) is 0. The van der Waals surface area contributed by atoms with Gasteiger partial charge in [0, 0.05) is 19.5 Å². The first-order valence-corrected chi connectivity index (χ1v) is 4.41. The van der Waals surface area contributed by atoms with Crippen molar-refractivity contribution in [3.8, 4) is 0 Å². The molecule has 3 unspecified atom stereocenters. The molecule has 0 aromatic rings. The Balaban J connectivity index is 3.87. The molecule has 0 aromatic heterocycles. The van der Waals surface area contributed by atoms with Crippen LogP contribution < -0.4 is 0 Å². The molecular formula is C7H16O4S. The third kappa shape index (κ3) is 3.73. The van der Waals surface area contributed by atoms with E-state index in [1.165, 1.54) is 7.11 Å². The van der Waals surface area contributed by atoms with Crippen molar-refractivity contribution in [3.63, 3.8) is 0 Å². The van der Waals surface area contributed by atoms with E-state index in [1.54, 1.807) is 0 Å². The van der Waals surface area contributed by atoms with Gasteiger partial charge in [-0.15, -0.1) is 0 Å². The number of methoxy groups -OCH3 is 1. The minimum atomic E-state index is -0.986. The van der Waals surface area contributed by atoms with Gasteiger partial charge >= 0.3 is 0 Å². The van der Waals surface area contributed by atoms with Crippen molar-refractivity contribution < 1.29 is 20.1 Å². The molecule has 3 atom stereocenters.